The molecule has 0 fully saturated rings. The molecule has 47 nitrogen and oxygen atoms in total. The van der Waals surface area contributed by atoms with Gasteiger partial charge in [0.25, 0.3) is 5.91 Å². The highest BCUT2D eigenvalue weighted by Gasteiger charge is 2.46. The number of amides is 5. The maximum atomic E-state index is 13.5. The second-order valence-electron chi connectivity index (χ2n) is 33.7. The molecule has 0 spiro atoms. The number of aromatic amines is 1. The number of aliphatic carboxylic acids is 1. The molecule has 4 aromatic heterocycles. The third-order valence-electron chi connectivity index (χ3n) is 22.5. The summed E-state index contributed by atoms with van der Waals surface area (Å²) in [5.74, 6) is -2.70. The number of fused-ring (bicyclic) bond motifs is 4. The molecule has 10 rings (SSSR count). The molecule has 6 heterocycles. The lowest BCUT2D eigenvalue weighted by Crippen LogP contribution is -2.41. The van der Waals surface area contributed by atoms with Crippen LogP contribution in [0.2, 0.25) is 0 Å². The number of nitrogen functional groups attached to an aromatic ring is 3. The summed E-state index contributed by atoms with van der Waals surface area (Å²) in [5, 5.41) is 23.6. The minimum Gasteiger partial charge on any atom is -0.744 e. The lowest BCUT2D eigenvalue weighted by molar-refractivity contribution is -0.436. The fourth-order valence-corrected chi connectivity index (χ4v) is 16.0. The molecule has 0 aliphatic carbocycles. The zero-order valence-corrected chi connectivity index (χ0v) is 83.2. The smallest absolute Gasteiger partial charge is 0.326 e. The number of carboxylic acids is 1. The predicted molar refractivity (Wildman–Crippen MR) is 523 cm³/mol. The van der Waals surface area contributed by atoms with Gasteiger partial charge in [-0.05, 0) is 97.6 Å². The molecule has 1 atom stereocenters. The van der Waals surface area contributed by atoms with Crippen molar-refractivity contribution in [3.63, 3.8) is 0 Å². The summed E-state index contributed by atoms with van der Waals surface area (Å²) in [6.45, 7) is 18.6. The summed E-state index contributed by atoms with van der Waals surface area (Å²) in [6, 6.07) is 20.9. The number of hydrogen-bond donors (Lipinski definition) is 10. The number of H-pyrrole nitrogens is 1. The first kappa shape index (κ1) is 114. The summed E-state index contributed by atoms with van der Waals surface area (Å²) in [7, 11) is -7.94. The zero-order valence-electron chi connectivity index (χ0n) is 81.5. The normalized spacial score (nSPS) is 13.8. The minimum atomic E-state index is -4.87. The van der Waals surface area contributed by atoms with Gasteiger partial charge in [0.15, 0.2) is 40.4 Å². The third-order valence-corrected chi connectivity index (χ3v) is 24.1. The molecular formula is C95H130N19O28S2-. The number of nitrogens with one attached hydrogen (secondary N) is 6. The first-order valence-electron chi connectivity index (χ1n) is 47.1. The topological polar surface area (TPSA) is 629 Å². The Balaban J connectivity index is 0.509. The number of carbonyl (C=O) groups excluding carboxylic acids is 5. The van der Waals surface area contributed by atoms with Crippen molar-refractivity contribution in [2.24, 2.45) is 0 Å². The highest BCUT2D eigenvalue weighted by molar-refractivity contribution is 7.86. The first-order chi connectivity index (χ1) is 69.3. The molecule has 0 saturated heterocycles. The molecule has 49 heteroatoms. The number of ether oxygens (including phenoxy) is 15. The number of allylic oxidation sites excluding steroid dienone is 4. The lowest BCUT2D eigenvalue weighted by Gasteiger charge is -2.27. The van der Waals surface area contributed by atoms with Crippen LogP contribution < -0.4 is 58.3 Å². The molecule has 0 saturated carbocycles. The molecule has 0 radical (unpaired) electrons. The fourth-order valence-electron chi connectivity index (χ4n) is 15.0. The Labute approximate surface area is 834 Å². The summed E-state index contributed by atoms with van der Waals surface area (Å²) >= 11 is 0. The average Bonchev–Trinajstić information content (AvgIpc) is 1.59. The van der Waals surface area contributed by atoms with Crippen LogP contribution in [0.5, 0.6) is 5.88 Å². The number of aromatic nitrogens is 8. The van der Waals surface area contributed by atoms with E-state index >= 15 is 0 Å². The van der Waals surface area contributed by atoms with Crippen LogP contribution in [-0.2, 0) is 141 Å². The maximum absolute atomic E-state index is 13.5. The summed E-state index contributed by atoms with van der Waals surface area (Å²) in [4.78, 5) is 112. The van der Waals surface area contributed by atoms with Crippen LogP contribution in [0, 0.1) is 0 Å². The average molecular weight is 2050 g/mol. The zero-order chi connectivity index (χ0) is 103. The van der Waals surface area contributed by atoms with Gasteiger partial charge in [0.1, 0.15) is 32.9 Å². The number of carbonyl (C=O) groups is 6. The van der Waals surface area contributed by atoms with E-state index in [9.17, 15) is 59.8 Å². The molecule has 0 unspecified atom stereocenters. The second-order valence-corrected chi connectivity index (χ2v) is 36.4. The van der Waals surface area contributed by atoms with E-state index in [2.05, 4.69) is 66.5 Å². The van der Waals surface area contributed by atoms with Crippen LogP contribution in [0.4, 0.5) is 34.8 Å². The van der Waals surface area contributed by atoms with Crippen molar-refractivity contribution in [2.75, 3.05) is 252 Å². The Kier molecular flexibility index (Phi) is 46.9. The van der Waals surface area contributed by atoms with E-state index in [1.807, 2.05) is 72.4 Å². The number of imidazole rings is 1. The molecule has 13 N–H and O–H groups in total. The monoisotopic (exact) mass is 2050 g/mol. The van der Waals surface area contributed by atoms with Gasteiger partial charge in [-0.25, -0.2) is 36.6 Å². The molecule has 8 aromatic rings. The quantitative estimate of drug-likeness (QED) is 0.0149. The van der Waals surface area contributed by atoms with E-state index in [0.717, 1.165) is 11.1 Å². The molecule has 786 valence electrons. The molecule has 2 aliphatic heterocycles. The van der Waals surface area contributed by atoms with Gasteiger partial charge in [-0.3, -0.25) is 24.0 Å². The largest absolute Gasteiger partial charge is 0.744 e. The van der Waals surface area contributed by atoms with Crippen molar-refractivity contribution < 1.29 is 135 Å². The molecule has 144 heavy (non-hydrogen) atoms. The maximum Gasteiger partial charge on any atom is 0.326 e. The van der Waals surface area contributed by atoms with Crippen molar-refractivity contribution in [1.82, 2.24) is 66.5 Å². The number of nitrogens with two attached hydrogens (primary N) is 3. The molecule has 4 aromatic carbocycles. The van der Waals surface area contributed by atoms with Crippen LogP contribution in [0.3, 0.4) is 0 Å². The first-order valence-corrected chi connectivity index (χ1v) is 49.9. The SMILES string of the molecule is CN(Cc1cnc2nc(N)nc(N)c2n1)c1ccc(C(=O)N[C@@H](CCC(=O)NCCOCCOCCNC(=O)CCN2/C(=C/C=C/C3=[N+](CCC(=O)NCCOCCOCCOCCOCCOCCOCCOCCOCCOCCOCCOCCOCCC(=O)NCc4ccc(COc5nc(N)nc6[nH]cnc56)cc4)c4ccc(S(=O)(=O)[O-])cc4C3(C)C)C(C)(C)c3cc(S(=O)(=O)[O-])ccc32)C(=O)O)cc1. The molecule has 0 bridgehead atoms. The number of benzene rings is 4. The second kappa shape index (κ2) is 59.3. The summed E-state index contributed by atoms with van der Waals surface area (Å²) < 4.78 is 160. The van der Waals surface area contributed by atoms with Crippen LogP contribution in [0.15, 0.2) is 131 Å². The van der Waals surface area contributed by atoms with Crippen LogP contribution >= 0.6 is 0 Å². The van der Waals surface area contributed by atoms with Gasteiger partial charge >= 0.3 is 5.97 Å². The standard InChI is InChI=1S/C95H131N19O28S2/c1-94(2)73-59-71(143(122,123)124)17-20-76(73)113(29-23-81(116)100-27-33-130-37-36-129-32-26-99-80(115)22-19-75(91(120)121)107-89(119)68-13-15-70(16-14-68)112(5)63-69-62-103-87-84(106-69)86(96)108-92(97)109-87)78(94)7-6-8-79-95(3,4)74-60-72(144(125,126)127)18-21-77(74)114(79)30-24-82(117)101-28-34-131-38-40-133-42-44-135-46-48-137-50-52-139-54-56-141-58-57-140-55-53-138-51-49-136-47-45-134-43-41-132-39-35-128-31-25-83(118)102-61-66-9-11-67(12-10-66)64-142-90-85-88(105-65-104-85)110-93(98)111-90/h6-18,20-21,59-60,62,65,75H,19,22-58,61,63-64H2,1-5H3,(H14-,96,97,98,99,100,101,102,103,104,105,106,107,108,109,110,111,115,116,117,118,119,120,121,122,123,124,125,126,127)/p-1/t75-/m0/s1. The van der Waals surface area contributed by atoms with Gasteiger partial charge < -0.3 is 144 Å². The van der Waals surface area contributed by atoms with Crippen LogP contribution in [-0.4, -0.2) is 348 Å². The van der Waals surface area contributed by atoms with Gasteiger partial charge in [-0.1, -0.05) is 44.2 Å². The molecule has 5 amide bonds. The lowest BCUT2D eigenvalue weighted by atomic mass is 9.81. The number of nitrogens with zero attached hydrogens (tertiary/aromatic N) is 10. The summed E-state index contributed by atoms with van der Waals surface area (Å²) in [6.07, 6.45) is 8.21. The van der Waals surface area contributed by atoms with Crippen molar-refractivity contribution in [3.8, 4) is 5.88 Å². The Morgan fingerprint density at radius 1 is 0.521 bits per heavy atom. The Hall–Kier alpha value is -12.1. The van der Waals surface area contributed by atoms with Crippen molar-refractivity contribution in [1.29, 1.82) is 0 Å². The number of carboxylic acid groups (broad SMARTS) is 1. The van der Waals surface area contributed by atoms with E-state index in [4.69, 9.17) is 88.3 Å². The Morgan fingerprint density at radius 3 is 1.51 bits per heavy atom. The Bertz CT molecular complexity index is 5810. The van der Waals surface area contributed by atoms with E-state index in [0.29, 0.717) is 220 Å². The number of hydrogen-bond acceptors (Lipinski definition) is 39. The highest BCUT2D eigenvalue weighted by atomic mass is 32.2. The van der Waals surface area contributed by atoms with Gasteiger partial charge in [0.05, 0.1) is 231 Å². The van der Waals surface area contributed by atoms with Gasteiger partial charge in [0.2, 0.25) is 47.1 Å². The van der Waals surface area contributed by atoms with E-state index < -0.39 is 64.7 Å². The fraction of sp³-hybridized carbons (Fsp3) is 0.516. The summed E-state index contributed by atoms with van der Waals surface area (Å²) in [5.41, 5.74) is 23.9. The molecule has 2 aliphatic rings. The van der Waals surface area contributed by atoms with E-state index in [-0.39, 0.29) is 164 Å². The van der Waals surface area contributed by atoms with E-state index in [1.165, 1.54) is 48.9 Å². The van der Waals surface area contributed by atoms with Gasteiger partial charge in [-0.2, -0.15) is 24.5 Å². The van der Waals surface area contributed by atoms with Crippen molar-refractivity contribution >= 4 is 119 Å². The molecular weight excluding hydrogens is 1920 g/mol. The van der Waals surface area contributed by atoms with Gasteiger partial charge in [-0.15, -0.1) is 0 Å². The van der Waals surface area contributed by atoms with Crippen LogP contribution in [0.25, 0.3) is 22.3 Å². The predicted octanol–water partition coefficient (Wildman–Crippen LogP) is 3.20. The highest BCUT2D eigenvalue weighted by Crippen LogP contribution is 2.49. The Morgan fingerprint density at radius 2 is 0.993 bits per heavy atom. The van der Waals surface area contributed by atoms with Crippen molar-refractivity contribution in [2.45, 2.75) is 106 Å². The number of rotatable bonds is 72. The van der Waals surface area contributed by atoms with Crippen LogP contribution in [0.1, 0.15) is 98.1 Å². The van der Waals surface area contributed by atoms with Crippen molar-refractivity contribution in [3.05, 3.63) is 155 Å². The van der Waals surface area contributed by atoms with E-state index in [1.54, 1.807) is 43.5 Å². The third kappa shape index (κ3) is 37.8. The van der Waals surface area contributed by atoms with Gasteiger partial charge in [0, 0.05) is 105 Å². The minimum absolute atomic E-state index is 0.000310. The number of anilines is 5.